The molecule has 2 rings (SSSR count). The van der Waals surface area contributed by atoms with E-state index in [2.05, 4.69) is 15.0 Å². The van der Waals surface area contributed by atoms with E-state index in [0.717, 1.165) is 43.9 Å². The van der Waals surface area contributed by atoms with Gasteiger partial charge in [-0.25, -0.2) is 10.5 Å². The third kappa shape index (κ3) is 5.37. The van der Waals surface area contributed by atoms with E-state index >= 15 is 0 Å². The smallest absolute Gasteiger partial charge is 0.243 e. The number of amides is 1. The number of hydroxylamine groups is 1. The molecule has 0 aromatic carbocycles. The van der Waals surface area contributed by atoms with Crippen molar-refractivity contribution in [3.63, 3.8) is 0 Å². The lowest BCUT2D eigenvalue weighted by Crippen LogP contribution is -2.20. The average molecular weight is 317 g/mol. The number of nitrogens with one attached hydrogen (secondary N) is 1. The van der Waals surface area contributed by atoms with E-state index < -0.39 is 0 Å². The topological polar surface area (TPSA) is 83.3 Å². The lowest BCUT2D eigenvalue weighted by molar-refractivity contribution is -0.129. The van der Waals surface area contributed by atoms with Gasteiger partial charge in [0, 0.05) is 38.5 Å². The Morgan fingerprint density at radius 3 is 2.70 bits per heavy atom. The van der Waals surface area contributed by atoms with Crippen LogP contribution in [0.2, 0.25) is 0 Å². The predicted octanol–water partition coefficient (Wildman–Crippen LogP) is 2.41. The van der Waals surface area contributed by atoms with Gasteiger partial charge >= 0.3 is 0 Å². The molecule has 2 aromatic rings. The fourth-order valence-electron chi connectivity index (χ4n) is 2.37. The van der Waals surface area contributed by atoms with Crippen molar-refractivity contribution in [3.8, 4) is 0 Å². The molecule has 0 saturated heterocycles. The number of unbranched alkanes of at least 4 members (excludes halogenated alkanes) is 3. The Morgan fingerprint density at radius 1 is 1.22 bits per heavy atom. The first-order valence-corrected chi connectivity index (χ1v) is 7.82. The van der Waals surface area contributed by atoms with Gasteiger partial charge in [0.15, 0.2) is 5.82 Å². The molecule has 7 nitrogen and oxygen atoms in total. The minimum atomic E-state index is -0.325. The van der Waals surface area contributed by atoms with Crippen LogP contribution in [0.25, 0.3) is 0 Å². The Hall–Kier alpha value is -2.41. The van der Waals surface area contributed by atoms with Crippen molar-refractivity contribution in [2.24, 2.45) is 7.05 Å². The van der Waals surface area contributed by atoms with Crippen molar-refractivity contribution < 1.29 is 10.0 Å². The Bertz CT molecular complexity index is 600. The molecule has 2 heterocycles. The van der Waals surface area contributed by atoms with Crippen LogP contribution in [0.4, 0.5) is 11.6 Å². The molecule has 0 radical (unpaired) electrons. The minimum absolute atomic E-state index is 0.325. The van der Waals surface area contributed by atoms with Crippen LogP contribution in [0.15, 0.2) is 36.7 Å². The summed E-state index contributed by atoms with van der Waals surface area (Å²) in [4.78, 5) is 17.4. The van der Waals surface area contributed by atoms with Crippen molar-refractivity contribution in [1.29, 1.82) is 0 Å². The molecule has 2 aromatic heterocycles. The first kappa shape index (κ1) is 17.0. The molecular formula is C16H23N5O2. The van der Waals surface area contributed by atoms with Gasteiger partial charge in [-0.1, -0.05) is 18.9 Å². The molecule has 2 N–H and O–H groups in total. The number of anilines is 2. The number of carbonyl (C=O) groups is 1. The van der Waals surface area contributed by atoms with Gasteiger partial charge in [0.25, 0.3) is 0 Å². The lowest BCUT2D eigenvalue weighted by Gasteiger charge is -2.21. The van der Waals surface area contributed by atoms with Crippen LogP contribution in [-0.2, 0) is 11.8 Å². The van der Waals surface area contributed by atoms with Crippen LogP contribution >= 0.6 is 0 Å². The molecule has 0 fully saturated rings. The number of rotatable bonds is 9. The molecule has 0 aliphatic rings. The van der Waals surface area contributed by atoms with Gasteiger partial charge in [-0.2, -0.15) is 5.10 Å². The number of aryl methyl sites for hydroxylation is 1. The standard InChI is InChI=1S/C16H23N5O2/c1-20-13-10-15(18-20)21(14-8-5-6-11-17-14)12-7-3-2-4-9-16(22)19-23/h5-6,8,10-11,13,23H,2-4,7,9,12H2,1H3,(H,19,22). The Labute approximate surface area is 135 Å². The number of nitrogens with zero attached hydrogens (tertiary/aromatic N) is 4. The van der Waals surface area contributed by atoms with Gasteiger partial charge in [-0.05, 0) is 25.0 Å². The number of carbonyl (C=O) groups excluding carboxylic acids is 1. The van der Waals surface area contributed by atoms with Crippen LogP contribution in [0.3, 0.4) is 0 Å². The zero-order valence-electron chi connectivity index (χ0n) is 13.4. The van der Waals surface area contributed by atoms with Gasteiger partial charge in [0.05, 0.1) is 0 Å². The van der Waals surface area contributed by atoms with Crippen molar-refractivity contribution >= 4 is 17.5 Å². The van der Waals surface area contributed by atoms with Gasteiger partial charge in [-0.3, -0.25) is 14.7 Å². The van der Waals surface area contributed by atoms with E-state index in [-0.39, 0.29) is 5.91 Å². The predicted molar refractivity (Wildman–Crippen MR) is 87.5 cm³/mol. The highest BCUT2D eigenvalue weighted by Crippen LogP contribution is 2.21. The van der Waals surface area contributed by atoms with E-state index in [4.69, 9.17) is 5.21 Å². The zero-order chi connectivity index (χ0) is 16.5. The molecule has 1 amide bonds. The van der Waals surface area contributed by atoms with Crippen LogP contribution in [0.1, 0.15) is 32.1 Å². The fourth-order valence-corrected chi connectivity index (χ4v) is 2.37. The maximum atomic E-state index is 10.9. The normalized spacial score (nSPS) is 10.5. The first-order chi connectivity index (χ1) is 11.2. The molecule has 0 saturated carbocycles. The molecule has 0 aliphatic heterocycles. The second kappa shape index (κ2) is 8.89. The highest BCUT2D eigenvalue weighted by atomic mass is 16.5. The highest BCUT2D eigenvalue weighted by molar-refractivity contribution is 5.74. The third-order valence-corrected chi connectivity index (χ3v) is 3.56. The van der Waals surface area contributed by atoms with Crippen molar-refractivity contribution in [3.05, 3.63) is 36.7 Å². The fraction of sp³-hybridized carbons (Fsp3) is 0.438. The summed E-state index contributed by atoms with van der Waals surface area (Å²) < 4.78 is 1.78. The molecule has 0 unspecified atom stereocenters. The van der Waals surface area contributed by atoms with E-state index in [0.29, 0.717) is 6.42 Å². The number of hydrogen-bond donors (Lipinski definition) is 2. The molecule has 0 atom stereocenters. The van der Waals surface area contributed by atoms with Crippen LogP contribution in [-0.4, -0.2) is 32.4 Å². The van der Waals surface area contributed by atoms with E-state index in [1.165, 1.54) is 0 Å². The summed E-state index contributed by atoms with van der Waals surface area (Å²) in [5.41, 5.74) is 1.65. The van der Waals surface area contributed by atoms with E-state index in [1.54, 1.807) is 16.4 Å². The van der Waals surface area contributed by atoms with Gasteiger partial charge in [0.1, 0.15) is 5.82 Å². The summed E-state index contributed by atoms with van der Waals surface area (Å²) in [5.74, 6) is 1.44. The van der Waals surface area contributed by atoms with E-state index in [1.807, 2.05) is 37.5 Å². The molecule has 0 spiro atoms. The van der Waals surface area contributed by atoms with Gasteiger partial charge in [0.2, 0.25) is 5.91 Å². The van der Waals surface area contributed by atoms with E-state index in [9.17, 15) is 4.79 Å². The highest BCUT2D eigenvalue weighted by Gasteiger charge is 2.12. The average Bonchev–Trinajstić information content (AvgIpc) is 3.00. The van der Waals surface area contributed by atoms with Crippen LogP contribution in [0, 0.1) is 0 Å². The third-order valence-electron chi connectivity index (χ3n) is 3.56. The molecule has 23 heavy (non-hydrogen) atoms. The quantitative estimate of drug-likeness (QED) is 0.421. The SMILES string of the molecule is Cn1ccc(N(CCCCCCC(=O)NO)c2ccccn2)n1. The second-order valence-corrected chi connectivity index (χ2v) is 5.39. The number of aromatic nitrogens is 3. The zero-order valence-corrected chi connectivity index (χ0v) is 13.4. The summed E-state index contributed by atoms with van der Waals surface area (Å²) in [7, 11) is 1.90. The Morgan fingerprint density at radius 2 is 2.04 bits per heavy atom. The Kier molecular flexibility index (Phi) is 6.56. The maximum Gasteiger partial charge on any atom is 0.243 e. The monoisotopic (exact) mass is 317 g/mol. The lowest BCUT2D eigenvalue weighted by atomic mass is 10.1. The number of hydrogen-bond acceptors (Lipinski definition) is 5. The maximum absolute atomic E-state index is 10.9. The summed E-state index contributed by atoms with van der Waals surface area (Å²) in [5, 5.41) is 12.9. The van der Waals surface area contributed by atoms with Crippen molar-refractivity contribution in [2.75, 3.05) is 11.4 Å². The minimum Gasteiger partial charge on any atom is -0.310 e. The van der Waals surface area contributed by atoms with Gasteiger partial charge < -0.3 is 4.90 Å². The summed E-state index contributed by atoms with van der Waals surface area (Å²) in [6.07, 6.45) is 7.77. The molecule has 0 aliphatic carbocycles. The summed E-state index contributed by atoms with van der Waals surface area (Å²) >= 11 is 0. The largest absolute Gasteiger partial charge is 0.310 e. The molecule has 7 heteroatoms. The Balaban J connectivity index is 1.86. The first-order valence-electron chi connectivity index (χ1n) is 7.82. The summed E-state index contributed by atoms with van der Waals surface area (Å²) in [6.45, 7) is 0.820. The summed E-state index contributed by atoms with van der Waals surface area (Å²) in [6, 6.07) is 7.80. The molecular weight excluding hydrogens is 294 g/mol. The van der Waals surface area contributed by atoms with Crippen molar-refractivity contribution in [1.82, 2.24) is 20.2 Å². The van der Waals surface area contributed by atoms with Crippen LogP contribution < -0.4 is 10.4 Å². The molecule has 0 bridgehead atoms. The molecule has 124 valence electrons. The number of pyridine rings is 1. The van der Waals surface area contributed by atoms with Gasteiger partial charge in [-0.15, -0.1) is 0 Å². The van der Waals surface area contributed by atoms with Crippen molar-refractivity contribution in [2.45, 2.75) is 32.1 Å². The van der Waals surface area contributed by atoms with Crippen LogP contribution in [0.5, 0.6) is 0 Å². The second-order valence-electron chi connectivity index (χ2n) is 5.39.